The number of aryl methyl sites for hydroxylation is 1. The smallest absolute Gasteiger partial charge is 0.249 e. The first-order valence-electron chi connectivity index (χ1n) is 4.18. The van der Waals surface area contributed by atoms with Crippen LogP contribution in [0.1, 0.15) is 21.5 Å². The van der Waals surface area contributed by atoms with Gasteiger partial charge in [-0.3, -0.25) is 4.79 Å². The number of carbonyl (C=O) groups is 1. The molecular weight excluding hydrogens is 216 g/mol. The van der Waals surface area contributed by atoms with E-state index >= 15 is 0 Å². The van der Waals surface area contributed by atoms with E-state index in [4.69, 9.17) is 10.9 Å². The zero-order valence-electron chi connectivity index (χ0n) is 8.44. The fourth-order valence-electron chi connectivity index (χ4n) is 1.53. The topological polar surface area (TPSA) is 103 Å². The van der Waals surface area contributed by atoms with E-state index in [1.165, 1.54) is 19.1 Å². The molecule has 1 aromatic rings. The molecule has 0 spiro atoms. The molecule has 4 N–H and O–H groups in total. The van der Waals surface area contributed by atoms with Gasteiger partial charge in [-0.05, 0) is 31.0 Å². The molecule has 0 radical (unpaired) electrons. The van der Waals surface area contributed by atoms with Gasteiger partial charge in [0.15, 0.2) is 0 Å². The van der Waals surface area contributed by atoms with Gasteiger partial charge in [-0.15, -0.1) is 0 Å². The van der Waals surface area contributed by atoms with Crippen LogP contribution < -0.4 is 10.9 Å². The molecule has 0 atom stereocenters. The van der Waals surface area contributed by atoms with Crippen molar-refractivity contribution in [1.82, 2.24) is 0 Å². The Morgan fingerprint density at radius 2 is 1.80 bits per heavy atom. The number of sulfonamides is 1. The number of primary sulfonamides is 1. The predicted molar refractivity (Wildman–Crippen MR) is 55.8 cm³/mol. The third-order valence-electron chi connectivity index (χ3n) is 2.15. The summed E-state index contributed by atoms with van der Waals surface area (Å²) in [6, 6.07) is 2.99. The van der Waals surface area contributed by atoms with Gasteiger partial charge in [-0.2, -0.15) is 0 Å². The van der Waals surface area contributed by atoms with Crippen molar-refractivity contribution < 1.29 is 13.2 Å². The lowest BCUT2D eigenvalue weighted by molar-refractivity contribution is 0.0999. The number of hydrogen-bond donors (Lipinski definition) is 2. The maximum Gasteiger partial charge on any atom is 0.249 e. The summed E-state index contributed by atoms with van der Waals surface area (Å²) >= 11 is 0. The third-order valence-corrected chi connectivity index (χ3v) is 3.35. The summed E-state index contributed by atoms with van der Waals surface area (Å²) in [6.07, 6.45) is 0. The summed E-state index contributed by atoms with van der Waals surface area (Å²) in [5, 5.41) is 5.05. The fraction of sp³-hybridized carbons (Fsp3) is 0.222. The van der Waals surface area contributed by atoms with Crippen LogP contribution in [0.5, 0.6) is 0 Å². The zero-order valence-corrected chi connectivity index (χ0v) is 9.26. The molecule has 0 aliphatic heterocycles. The van der Waals surface area contributed by atoms with Gasteiger partial charge >= 0.3 is 0 Å². The van der Waals surface area contributed by atoms with Crippen molar-refractivity contribution in [3.05, 3.63) is 28.8 Å². The minimum absolute atomic E-state index is 0.0289. The Hall–Kier alpha value is -1.40. The highest BCUT2D eigenvalue weighted by molar-refractivity contribution is 7.89. The van der Waals surface area contributed by atoms with E-state index in [-0.39, 0.29) is 10.5 Å². The lowest BCUT2D eigenvalue weighted by atomic mass is 10.1. The van der Waals surface area contributed by atoms with E-state index in [2.05, 4.69) is 0 Å². The normalized spacial score (nSPS) is 11.4. The fourth-order valence-corrected chi connectivity index (χ4v) is 2.59. The molecule has 1 rings (SSSR count). The standard InChI is InChI=1S/C9H12N2O3S/c1-5-3-4-7(9(10)12)6(2)8(5)15(11,13)14/h3-4H,1-2H3,(H2,10,12)(H2,11,13,14). The number of primary amides is 1. The van der Waals surface area contributed by atoms with Crippen LogP contribution in [0.15, 0.2) is 17.0 Å². The number of amides is 1. The number of benzene rings is 1. The maximum absolute atomic E-state index is 11.3. The van der Waals surface area contributed by atoms with Crippen LogP contribution in [0.3, 0.4) is 0 Å². The van der Waals surface area contributed by atoms with Crippen LogP contribution in [-0.2, 0) is 10.0 Å². The van der Waals surface area contributed by atoms with Gasteiger partial charge in [-0.1, -0.05) is 6.07 Å². The first-order valence-corrected chi connectivity index (χ1v) is 5.72. The summed E-state index contributed by atoms with van der Waals surface area (Å²) in [4.78, 5) is 11.0. The van der Waals surface area contributed by atoms with Gasteiger partial charge in [0.1, 0.15) is 0 Å². The van der Waals surface area contributed by atoms with Crippen molar-refractivity contribution in [1.29, 1.82) is 0 Å². The quantitative estimate of drug-likeness (QED) is 0.747. The summed E-state index contributed by atoms with van der Waals surface area (Å²) in [5.41, 5.74) is 6.07. The second kappa shape index (κ2) is 3.63. The van der Waals surface area contributed by atoms with E-state index in [1.54, 1.807) is 6.92 Å². The third kappa shape index (κ3) is 2.16. The van der Waals surface area contributed by atoms with Gasteiger partial charge < -0.3 is 5.73 Å². The molecule has 82 valence electrons. The van der Waals surface area contributed by atoms with Crippen LogP contribution in [-0.4, -0.2) is 14.3 Å². The average Bonchev–Trinajstić information content (AvgIpc) is 2.00. The molecule has 0 saturated carbocycles. The highest BCUT2D eigenvalue weighted by Gasteiger charge is 2.18. The first kappa shape index (κ1) is 11.7. The van der Waals surface area contributed by atoms with Crippen molar-refractivity contribution in [3.8, 4) is 0 Å². The summed E-state index contributed by atoms with van der Waals surface area (Å²) in [5.74, 6) is -0.669. The van der Waals surface area contributed by atoms with Crippen molar-refractivity contribution in [2.45, 2.75) is 18.7 Å². The molecule has 6 heteroatoms. The van der Waals surface area contributed by atoms with E-state index in [0.29, 0.717) is 11.1 Å². The molecule has 0 heterocycles. The zero-order chi connectivity index (χ0) is 11.8. The van der Waals surface area contributed by atoms with Gasteiger partial charge in [-0.25, -0.2) is 13.6 Å². The van der Waals surface area contributed by atoms with Gasteiger partial charge in [0, 0.05) is 5.56 Å². The lowest BCUT2D eigenvalue weighted by Crippen LogP contribution is -2.19. The van der Waals surface area contributed by atoms with Gasteiger partial charge in [0.05, 0.1) is 4.90 Å². The Morgan fingerprint density at radius 3 is 2.20 bits per heavy atom. The Kier molecular flexibility index (Phi) is 2.83. The molecule has 0 aliphatic carbocycles. The highest BCUT2D eigenvalue weighted by atomic mass is 32.2. The van der Waals surface area contributed by atoms with Crippen LogP contribution in [0.2, 0.25) is 0 Å². The molecule has 15 heavy (non-hydrogen) atoms. The summed E-state index contributed by atoms with van der Waals surface area (Å²) in [6.45, 7) is 3.12. The van der Waals surface area contributed by atoms with E-state index in [1.807, 2.05) is 0 Å². The van der Waals surface area contributed by atoms with E-state index < -0.39 is 15.9 Å². The predicted octanol–water partition coefficient (Wildman–Crippen LogP) is 0.0497. The Balaban J connectivity index is 3.66. The highest BCUT2D eigenvalue weighted by Crippen LogP contribution is 2.21. The molecule has 1 amide bonds. The second-order valence-corrected chi connectivity index (χ2v) is 4.79. The van der Waals surface area contributed by atoms with Gasteiger partial charge in [0.2, 0.25) is 15.9 Å². The van der Waals surface area contributed by atoms with Crippen LogP contribution in [0, 0.1) is 13.8 Å². The number of nitrogens with two attached hydrogens (primary N) is 2. The Bertz CT molecular complexity index is 520. The number of hydrogen-bond acceptors (Lipinski definition) is 3. The maximum atomic E-state index is 11.3. The molecule has 0 unspecified atom stereocenters. The molecule has 1 aromatic carbocycles. The monoisotopic (exact) mass is 228 g/mol. The molecule has 0 aromatic heterocycles. The summed E-state index contributed by atoms with van der Waals surface area (Å²) < 4.78 is 22.6. The molecular formula is C9H12N2O3S. The number of rotatable bonds is 2. The molecule has 0 aliphatic rings. The largest absolute Gasteiger partial charge is 0.366 e. The lowest BCUT2D eigenvalue weighted by Gasteiger charge is -2.10. The first-order chi connectivity index (χ1) is 6.75. The molecule has 0 fully saturated rings. The molecule has 0 saturated heterocycles. The number of carbonyl (C=O) groups excluding carboxylic acids is 1. The minimum atomic E-state index is -3.83. The van der Waals surface area contributed by atoms with Crippen LogP contribution in [0.4, 0.5) is 0 Å². The Labute approximate surface area is 88.1 Å². The van der Waals surface area contributed by atoms with Crippen molar-refractivity contribution in [2.75, 3.05) is 0 Å². The van der Waals surface area contributed by atoms with Crippen LogP contribution in [0.25, 0.3) is 0 Å². The van der Waals surface area contributed by atoms with Crippen molar-refractivity contribution in [2.24, 2.45) is 10.9 Å². The molecule has 5 nitrogen and oxygen atoms in total. The minimum Gasteiger partial charge on any atom is -0.366 e. The average molecular weight is 228 g/mol. The van der Waals surface area contributed by atoms with Crippen LogP contribution >= 0.6 is 0 Å². The van der Waals surface area contributed by atoms with E-state index in [0.717, 1.165) is 0 Å². The molecule has 0 bridgehead atoms. The van der Waals surface area contributed by atoms with Crippen molar-refractivity contribution in [3.63, 3.8) is 0 Å². The van der Waals surface area contributed by atoms with Gasteiger partial charge in [0.25, 0.3) is 0 Å². The Morgan fingerprint density at radius 1 is 1.27 bits per heavy atom. The second-order valence-electron chi connectivity index (χ2n) is 3.29. The van der Waals surface area contributed by atoms with E-state index in [9.17, 15) is 13.2 Å². The SMILES string of the molecule is Cc1ccc(C(N)=O)c(C)c1S(N)(=O)=O. The van der Waals surface area contributed by atoms with Crippen molar-refractivity contribution >= 4 is 15.9 Å². The summed E-state index contributed by atoms with van der Waals surface area (Å²) in [7, 11) is -3.83.